The number of nitrogens with one attached hydrogen (secondary N) is 2. The molecule has 1 aliphatic heterocycles. The van der Waals surface area contributed by atoms with Gasteiger partial charge in [0.2, 0.25) is 0 Å². The molecule has 2 aromatic rings. The van der Waals surface area contributed by atoms with Crippen LogP contribution in [0, 0.1) is 11.3 Å². The highest BCUT2D eigenvalue weighted by atomic mass is 35.5. The number of anilines is 1. The van der Waals surface area contributed by atoms with Gasteiger partial charge in [-0.2, -0.15) is 5.26 Å². The van der Waals surface area contributed by atoms with Crippen LogP contribution in [0.2, 0.25) is 0 Å². The minimum atomic E-state index is -0.167. The predicted molar refractivity (Wildman–Crippen MR) is 93.0 cm³/mol. The van der Waals surface area contributed by atoms with Crippen molar-refractivity contribution in [3.05, 3.63) is 65.2 Å². The molecular weight excluding hydrogens is 310 g/mol. The first kappa shape index (κ1) is 17.0. The Kier molecular flexibility index (Phi) is 5.75. The molecule has 23 heavy (non-hydrogen) atoms. The van der Waals surface area contributed by atoms with E-state index in [-0.39, 0.29) is 18.3 Å². The smallest absolute Gasteiger partial charge is 0.255 e. The third kappa shape index (κ3) is 4.10. The highest BCUT2D eigenvalue weighted by molar-refractivity contribution is 6.04. The van der Waals surface area contributed by atoms with Gasteiger partial charge in [0.05, 0.1) is 11.6 Å². The molecule has 1 atom stereocenters. The summed E-state index contributed by atoms with van der Waals surface area (Å²) in [5, 5.41) is 15.0. The second-order valence-corrected chi connectivity index (χ2v) is 5.46. The van der Waals surface area contributed by atoms with Crippen LogP contribution in [0.15, 0.2) is 48.5 Å². The number of halogens is 1. The summed E-state index contributed by atoms with van der Waals surface area (Å²) in [6.45, 7) is 2.10. The molecule has 0 spiro atoms. The minimum Gasteiger partial charge on any atom is -0.322 e. The quantitative estimate of drug-likeness (QED) is 0.909. The Morgan fingerprint density at radius 2 is 1.83 bits per heavy atom. The maximum atomic E-state index is 12.2. The first-order chi connectivity index (χ1) is 10.8. The van der Waals surface area contributed by atoms with Crippen LogP contribution in [-0.4, -0.2) is 19.0 Å². The van der Waals surface area contributed by atoms with Crippen molar-refractivity contribution < 1.29 is 4.79 Å². The summed E-state index contributed by atoms with van der Waals surface area (Å²) in [5.74, 6) is 0.406. The lowest BCUT2D eigenvalue weighted by Crippen LogP contribution is -2.12. The molecule has 0 radical (unpaired) electrons. The molecule has 0 bridgehead atoms. The Hall–Kier alpha value is -2.35. The Bertz CT molecular complexity index is 699. The number of nitrogens with zero attached hydrogens (tertiary/aromatic N) is 1. The molecule has 1 heterocycles. The lowest BCUT2D eigenvalue weighted by Gasteiger charge is -2.10. The van der Waals surface area contributed by atoms with Crippen LogP contribution in [0.1, 0.15) is 33.8 Å². The summed E-state index contributed by atoms with van der Waals surface area (Å²) in [4.78, 5) is 12.2. The van der Waals surface area contributed by atoms with Gasteiger partial charge in [0.15, 0.2) is 0 Å². The maximum Gasteiger partial charge on any atom is 0.255 e. The van der Waals surface area contributed by atoms with Crippen LogP contribution in [0.4, 0.5) is 5.69 Å². The number of carbonyl (C=O) groups is 1. The van der Waals surface area contributed by atoms with Gasteiger partial charge in [-0.05, 0) is 60.8 Å². The van der Waals surface area contributed by atoms with Crippen LogP contribution >= 0.6 is 12.4 Å². The van der Waals surface area contributed by atoms with Gasteiger partial charge in [0, 0.05) is 17.8 Å². The molecule has 0 aliphatic carbocycles. The van der Waals surface area contributed by atoms with Gasteiger partial charge in [-0.15, -0.1) is 12.4 Å². The molecule has 1 unspecified atom stereocenters. The molecule has 0 saturated carbocycles. The molecule has 1 fully saturated rings. The fraction of sp³-hybridized carbons (Fsp3) is 0.222. The van der Waals surface area contributed by atoms with Crippen LogP contribution < -0.4 is 10.6 Å². The number of hydrogen-bond acceptors (Lipinski definition) is 3. The summed E-state index contributed by atoms with van der Waals surface area (Å²) in [6.07, 6.45) is 1.16. The Morgan fingerprint density at radius 1 is 1.13 bits per heavy atom. The zero-order valence-electron chi connectivity index (χ0n) is 12.6. The summed E-state index contributed by atoms with van der Waals surface area (Å²) in [7, 11) is 0. The number of nitriles is 1. The van der Waals surface area contributed by atoms with Crippen molar-refractivity contribution in [2.75, 3.05) is 18.4 Å². The third-order valence-corrected chi connectivity index (χ3v) is 3.98. The Labute approximate surface area is 141 Å². The van der Waals surface area contributed by atoms with Crippen molar-refractivity contribution in [1.82, 2.24) is 5.32 Å². The van der Waals surface area contributed by atoms with Gasteiger partial charge < -0.3 is 10.6 Å². The largest absolute Gasteiger partial charge is 0.322 e. The normalized spacial score (nSPS) is 16.2. The molecule has 1 aliphatic rings. The molecule has 0 aromatic heterocycles. The predicted octanol–water partition coefficient (Wildman–Crippen LogP) is 3.31. The van der Waals surface area contributed by atoms with Gasteiger partial charge in [0.1, 0.15) is 0 Å². The third-order valence-electron chi connectivity index (χ3n) is 3.98. The van der Waals surface area contributed by atoms with Crippen molar-refractivity contribution in [1.29, 1.82) is 5.26 Å². The van der Waals surface area contributed by atoms with Crippen molar-refractivity contribution in [2.45, 2.75) is 12.3 Å². The van der Waals surface area contributed by atoms with E-state index in [0.29, 0.717) is 17.0 Å². The molecule has 1 saturated heterocycles. The molecule has 1 amide bonds. The average molecular weight is 328 g/mol. The Balaban J connectivity index is 0.00000192. The van der Waals surface area contributed by atoms with Crippen molar-refractivity contribution in [2.24, 2.45) is 0 Å². The number of carbonyl (C=O) groups excluding carboxylic acids is 1. The van der Waals surface area contributed by atoms with Gasteiger partial charge in [-0.1, -0.05) is 12.1 Å². The van der Waals surface area contributed by atoms with E-state index < -0.39 is 0 Å². The van der Waals surface area contributed by atoms with Gasteiger partial charge in [0.25, 0.3) is 5.91 Å². The number of hydrogen-bond donors (Lipinski definition) is 2. The highest BCUT2D eigenvalue weighted by Gasteiger charge is 2.16. The second kappa shape index (κ2) is 7.77. The molecule has 2 N–H and O–H groups in total. The highest BCUT2D eigenvalue weighted by Crippen LogP contribution is 2.23. The topological polar surface area (TPSA) is 64.9 Å². The minimum absolute atomic E-state index is 0. The molecule has 5 heteroatoms. The van der Waals surface area contributed by atoms with E-state index in [9.17, 15) is 4.79 Å². The van der Waals surface area contributed by atoms with E-state index in [1.807, 2.05) is 18.2 Å². The summed E-state index contributed by atoms with van der Waals surface area (Å²) >= 11 is 0. The zero-order chi connectivity index (χ0) is 15.4. The van der Waals surface area contributed by atoms with Crippen LogP contribution in [0.3, 0.4) is 0 Å². The lowest BCUT2D eigenvalue weighted by atomic mass is 9.98. The van der Waals surface area contributed by atoms with Gasteiger partial charge in [-0.3, -0.25) is 4.79 Å². The van der Waals surface area contributed by atoms with Crippen LogP contribution in [0.25, 0.3) is 0 Å². The fourth-order valence-corrected chi connectivity index (χ4v) is 2.68. The number of benzene rings is 2. The summed E-state index contributed by atoms with van der Waals surface area (Å²) < 4.78 is 0. The van der Waals surface area contributed by atoms with Crippen molar-refractivity contribution >= 4 is 24.0 Å². The maximum absolute atomic E-state index is 12.2. The van der Waals surface area contributed by atoms with E-state index >= 15 is 0 Å². The standard InChI is InChI=1S/C18H17N3O.ClH/c19-11-13-1-3-15(4-2-13)18(22)21-17-7-5-14(6-8-17)16-9-10-20-12-16;/h1-8,16,20H,9-10,12H2,(H,21,22);1H. The molecule has 2 aromatic carbocycles. The van der Waals surface area contributed by atoms with Crippen molar-refractivity contribution in [3.63, 3.8) is 0 Å². The van der Waals surface area contributed by atoms with E-state index in [4.69, 9.17) is 5.26 Å². The van der Waals surface area contributed by atoms with Crippen molar-refractivity contribution in [3.8, 4) is 6.07 Å². The van der Waals surface area contributed by atoms with E-state index in [0.717, 1.165) is 25.2 Å². The SMILES string of the molecule is Cl.N#Cc1ccc(C(=O)Nc2ccc(C3CCNC3)cc2)cc1. The van der Waals surface area contributed by atoms with E-state index in [1.165, 1.54) is 5.56 Å². The average Bonchev–Trinajstić information content (AvgIpc) is 3.10. The molecule has 118 valence electrons. The number of rotatable bonds is 3. The number of amides is 1. The van der Waals surface area contributed by atoms with Crippen LogP contribution in [0.5, 0.6) is 0 Å². The lowest BCUT2D eigenvalue weighted by molar-refractivity contribution is 0.102. The second-order valence-electron chi connectivity index (χ2n) is 5.46. The molecule has 4 nitrogen and oxygen atoms in total. The van der Waals surface area contributed by atoms with Gasteiger partial charge >= 0.3 is 0 Å². The summed E-state index contributed by atoms with van der Waals surface area (Å²) in [6, 6.07) is 16.7. The van der Waals surface area contributed by atoms with Crippen LogP contribution in [-0.2, 0) is 0 Å². The first-order valence-corrected chi connectivity index (χ1v) is 7.38. The Morgan fingerprint density at radius 3 is 2.39 bits per heavy atom. The molecular formula is C18H18ClN3O. The zero-order valence-corrected chi connectivity index (χ0v) is 13.4. The van der Waals surface area contributed by atoms with E-state index in [1.54, 1.807) is 24.3 Å². The molecule has 3 rings (SSSR count). The fourth-order valence-electron chi connectivity index (χ4n) is 2.68. The van der Waals surface area contributed by atoms with Gasteiger partial charge in [-0.25, -0.2) is 0 Å². The van der Waals surface area contributed by atoms with E-state index in [2.05, 4.69) is 22.8 Å². The summed E-state index contributed by atoms with van der Waals surface area (Å²) in [5.41, 5.74) is 3.18. The first-order valence-electron chi connectivity index (χ1n) is 7.38. The monoisotopic (exact) mass is 327 g/mol.